The molecule has 0 aliphatic carbocycles. The predicted molar refractivity (Wildman–Crippen MR) is 123 cm³/mol. The molecule has 8 nitrogen and oxygen atoms in total. The lowest BCUT2D eigenvalue weighted by Crippen LogP contribution is -2.25. The van der Waals surface area contributed by atoms with Crippen molar-refractivity contribution in [1.29, 1.82) is 0 Å². The predicted octanol–water partition coefficient (Wildman–Crippen LogP) is 3.03. The van der Waals surface area contributed by atoms with Gasteiger partial charge in [0, 0.05) is 35.8 Å². The van der Waals surface area contributed by atoms with Gasteiger partial charge in [0.25, 0.3) is 5.56 Å². The van der Waals surface area contributed by atoms with Gasteiger partial charge in [0.1, 0.15) is 5.52 Å². The number of H-pyrrole nitrogens is 1. The maximum absolute atomic E-state index is 12.4. The van der Waals surface area contributed by atoms with Crippen molar-refractivity contribution >= 4 is 27.7 Å². The lowest BCUT2D eigenvalue weighted by atomic mass is 10.1. The molecular weight excluding hydrogens is 408 g/mol. The van der Waals surface area contributed by atoms with Gasteiger partial charge in [0.2, 0.25) is 5.91 Å². The van der Waals surface area contributed by atoms with Gasteiger partial charge in [0.15, 0.2) is 11.5 Å². The number of methoxy groups -OCH3 is 2. The minimum absolute atomic E-state index is 0.0122. The summed E-state index contributed by atoms with van der Waals surface area (Å²) in [6, 6.07) is 13.6. The Labute approximate surface area is 185 Å². The molecule has 8 heteroatoms. The van der Waals surface area contributed by atoms with Gasteiger partial charge in [-0.05, 0) is 36.6 Å². The molecule has 4 rings (SSSR count). The molecule has 2 heterocycles. The summed E-state index contributed by atoms with van der Waals surface area (Å²) in [6.07, 6.45) is 3.37. The van der Waals surface area contributed by atoms with Crippen molar-refractivity contribution in [3.8, 4) is 11.5 Å². The third-order valence-corrected chi connectivity index (χ3v) is 5.55. The highest BCUT2D eigenvalue weighted by Gasteiger charge is 2.14. The highest BCUT2D eigenvalue weighted by molar-refractivity contribution is 6.07. The van der Waals surface area contributed by atoms with Crippen LogP contribution in [0.25, 0.3) is 21.8 Å². The highest BCUT2D eigenvalue weighted by atomic mass is 16.5. The molecule has 1 amide bonds. The van der Waals surface area contributed by atoms with Crippen LogP contribution in [0.2, 0.25) is 0 Å². The van der Waals surface area contributed by atoms with Crippen LogP contribution in [0.15, 0.2) is 53.5 Å². The average Bonchev–Trinajstić information content (AvgIpc) is 3.14. The summed E-state index contributed by atoms with van der Waals surface area (Å²) in [5.74, 6) is 1.34. The van der Waals surface area contributed by atoms with E-state index in [4.69, 9.17) is 9.47 Å². The standard InChI is InChI=1S/C24H26N4O4/c1-31-20-10-9-16(14-21(20)32-2)11-12-25-22(29)8-5-13-28-19-7-4-3-6-17(19)18-15-26-27-24(30)23(18)28/h3-4,6-7,9-10,14-15H,5,8,11-13H2,1-2H3,(H,25,29)(H,27,30). The number of aromatic nitrogens is 3. The van der Waals surface area contributed by atoms with Crippen LogP contribution >= 0.6 is 0 Å². The molecule has 0 unspecified atom stereocenters. The zero-order valence-electron chi connectivity index (χ0n) is 18.2. The Bertz CT molecular complexity index is 1310. The van der Waals surface area contributed by atoms with Gasteiger partial charge in [-0.2, -0.15) is 5.10 Å². The van der Waals surface area contributed by atoms with Crippen molar-refractivity contribution in [2.24, 2.45) is 0 Å². The number of aryl methyl sites for hydroxylation is 1. The number of aromatic amines is 1. The molecule has 2 aromatic carbocycles. The van der Waals surface area contributed by atoms with E-state index in [1.807, 2.05) is 47.0 Å². The van der Waals surface area contributed by atoms with Crippen LogP contribution in [0.4, 0.5) is 0 Å². The van der Waals surface area contributed by atoms with E-state index in [1.165, 1.54) is 0 Å². The molecule has 166 valence electrons. The number of carbonyl (C=O) groups is 1. The van der Waals surface area contributed by atoms with Crippen LogP contribution in [0.1, 0.15) is 18.4 Å². The number of ether oxygens (including phenoxy) is 2. The number of benzene rings is 2. The number of rotatable bonds is 9. The number of fused-ring (bicyclic) bond motifs is 3. The number of para-hydroxylation sites is 1. The van der Waals surface area contributed by atoms with E-state index in [-0.39, 0.29) is 11.5 Å². The first-order chi connectivity index (χ1) is 15.6. The molecule has 0 bridgehead atoms. The maximum atomic E-state index is 12.4. The Morgan fingerprint density at radius 3 is 2.72 bits per heavy atom. The fraction of sp³-hybridized carbons (Fsp3) is 0.292. The lowest BCUT2D eigenvalue weighted by molar-refractivity contribution is -0.121. The van der Waals surface area contributed by atoms with Crippen LogP contribution in [-0.4, -0.2) is 41.4 Å². The third kappa shape index (κ3) is 4.30. The second-order valence-corrected chi connectivity index (χ2v) is 7.52. The molecule has 2 aromatic heterocycles. The summed E-state index contributed by atoms with van der Waals surface area (Å²) in [7, 11) is 3.20. The van der Waals surface area contributed by atoms with Crippen molar-refractivity contribution in [3.05, 3.63) is 64.6 Å². The Kier molecular flexibility index (Phi) is 6.39. The number of carbonyl (C=O) groups excluding carboxylic acids is 1. The van der Waals surface area contributed by atoms with E-state index in [2.05, 4.69) is 15.5 Å². The highest BCUT2D eigenvalue weighted by Crippen LogP contribution is 2.28. The van der Waals surface area contributed by atoms with Crippen LogP contribution in [0, 0.1) is 0 Å². The van der Waals surface area contributed by atoms with Crippen molar-refractivity contribution < 1.29 is 14.3 Å². The van der Waals surface area contributed by atoms with E-state index >= 15 is 0 Å². The smallest absolute Gasteiger partial charge is 0.288 e. The second kappa shape index (κ2) is 9.55. The summed E-state index contributed by atoms with van der Waals surface area (Å²) in [5, 5.41) is 11.2. The molecular formula is C24H26N4O4. The molecule has 32 heavy (non-hydrogen) atoms. The van der Waals surface area contributed by atoms with Crippen molar-refractivity contribution in [2.75, 3.05) is 20.8 Å². The summed E-state index contributed by atoms with van der Waals surface area (Å²) in [6.45, 7) is 1.11. The van der Waals surface area contributed by atoms with E-state index in [0.29, 0.717) is 49.4 Å². The van der Waals surface area contributed by atoms with Crippen LogP contribution < -0.4 is 20.3 Å². The minimum Gasteiger partial charge on any atom is -0.493 e. The number of hydrogen-bond acceptors (Lipinski definition) is 5. The summed E-state index contributed by atoms with van der Waals surface area (Å²) >= 11 is 0. The minimum atomic E-state index is -0.224. The number of nitrogens with one attached hydrogen (secondary N) is 2. The summed E-state index contributed by atoms with van der Waals surface area (Å²) in [4.78, 5) is 24.7. The van der Waals surface area contributed by atoms with E-state index in [9.17, 15) is 9.59 Å². The quantitative estimate of drug-likeness (QED) is 0.422. The molecule has 0 radical (unpaired) electrons. The number of nitrogens with zero attached hydrogens (tertiary/aromatic N) is 2. The molecule has 4 aromatic rings. The first-order valence-electron chi connectivity index (χ1n) is 10.5. The monoisotopic (exact) mass is 434 g/mol. The van der Waals surface area contributed by atoms with Crippen LogP contribution in [-0.2, 0) is 17.8 Å². The molecule has 0 aliphatic rings. The molecule has 0 saturated heterocycles. The van der Waals surface area contributed by atoms with Gasteiger partial charge in [-0.1, -0.05) is 24.3 Å². The van der Waals surface area contributed by atoms with E-state index in [1.54, 1.807) is 20.4 Å². The molecule has 0 spiro atoms. The van der Waals surface area contributed by atoms with Crippen LogP contribution in [0.3, 0.4) is 0 Å². The first-order valence-corrected chi connectivity index (χ1v) is 10.5. The maximum Gasteiger partial charge on any atom is 0.288 e. The van der Waals surface area contributed by atoms with Crippen molar-refractivity contribution in [3.63, 3.8) is 0 Å². The van der Waals surface area contributed by atoms with Gasteiger partial charge in [-0.25, -0.2) is 5.10 Å². The Morgan fingerprint density at radius 2 is 1.91 bits per heavy atom. The van der Waals surface area contributed by atoms with Crippen molar-refractivity contribution in [1.82, 2.24) is 20.1 Å². The Hall–Kier alpha value is -3.81. The zero-order chi connectivity index (χ0) is 22.5. The molecule has 2 N–H and O–H groups in total. The van der Waals surface area contributed by atoms with Gasteiger partial charge >= 0.3 is 0 Å². The fourth-order valence-corrected chi connectivity index (χ4v) is 4.01. The zero-order valence-corrected chi connectivity index (χ0v) is 18.2. The molecule has 0 fully saturated rings. The molecule has 0 atom stereocenters. The normalized spacial score (nSPS) is 11.1. The largest absolute Gasteiger partial charge is 0.493 e. The first kappa shape index (κ1) is 21.4. The summed E-state index contributed by atoms with van der Waals surface area (Å²) in [5.41, 5.74) is 2.39. The average molecular weight is 434 g/mol. The lowest BCUT2D eigenvalue weighted by Gasteiger charge is -2.10. The molecule has 0 aliphatic heterocycles. The van der Waals surface area contributed by atoms with E-state index in [0.717, 1.165) is 21.9 Å². The molecule has 0 saturated carbocycles. The number of amides is 1. The van der Waals surface area contributed by atoms with Gasteiger partial charge in [-0.3, -0.25) is 9.59 Å². The SMILES string of the molecule is COc1ccc(CCNC(=O)CCCn2c3ccccc3c3cn[nH]c(=O)c32)cc1OC. The number of hydrogen-bond donors (Lipinski definition) is 2. The summed E-state index contributed by atoms with van der Waals surface area (Å²) < 4.78 is 12.5. The van der Waals surface area contributed by atoms with Gasteiger partial charge in [-0.15, -0.1) is 0 Å². The van der Waals surface area contributed by atoms with Crippen molar-refractivity contribution in [2.45, 2.75) is 25.8 Å². The van der Waals surface area contributed by atoms with Crippen LogP contribution in [0.5, 0.6) is 11.5 Å². The van der Waals surface area contributed by atoms with Gasteiger partial charge < -0.3 is 19.4 Å². The Balaban J connectivity index is 1.35. The Morgan fingerprint density at radius 1 is 1.09 bits per heavy atom. The third-order valence-electron chi connectivity index (χ3n) is 5.55. The van der Waals surface area contributed by atoms with E-state index < -0.39 is 0 Å². The second-order valence-electron chi connectivity index (χ2n) is 7.52. The topological polar surface area (TPSA) is 98.2 Å². The van der Waals surface area contributed by atoms with Gasteiger partial charge in [0.05, 0.1) is 20.4 Å². The fourth-order valence-electron chi connectivity index (χ4n) is 4.01.